The lowest BCUT2D eigenvalue weighted by atomic mass is 9.24. The molecule has 0 spiro atoms. The maximum atomic E-state index is 6.76. The van der Waals surface area contributed by atoms with Crippen molar-refractivity contribution in [2.75, 3.05) is 14.7 Å². The minimum atomic E-state index is -0.0743. The standard InChI is InChI=1S/C54H28B3N3O2/c1-11-23-45-29(13-1)31-25-37-43(27-47(31)61-45)59-41-21-9-5-17-35(41)55-33-15-3-7-19-39(33)58-40-20-8-4-16-34(40)56-36-18-6-10-22-42(36)60-44-28-48-32(30-14-2-12-24-46(30)62-48)26-38(44)57(37)51-53(59)49(55)52(58)50(56)54(51)60/h1-28H. The van der Waals surface area contributed by atoms with Crippen molar-refractivity contribution >= 4 is 164 Å². The Morgan fingerprint density at radius 1 is 0.274 bits per heavy atom. The molecule has 0 saturated carbocycles. The normalized spacial score (nSPS) is 14.9. The molecule has 0 atom stereocenters. The van der Waals surface area contributed by atoms with Crippen LogP contribution < -0.4 is 63.9 Å². The first-order chi connectivity index (χ1) is 30.8. The molecule has 6 aliphatic heterocycles. The lowest BCUT2D eigenvalue weighted by molar-refractivity contribution is 0.668. The fraction of sp³-hybridized carbons (Fsp3) is 0. The Morgan fingerprint density at radius 3 is 1.00 bits per heavy atom. The molecule has 0 radical (unpaired) electrons. The molecule has 11 aromatic rings. The van der Waals surface area contributed by atoms with Crippen molar-refractivity contribution in [2.24, 2.45) is 0 Å². The van der Waals surface area contributed by atoms with Crippen molar-refractivity contribution in [1.82, 2.24) is 0 Å². The summed E-state index contributed by atoms with van der Waals surface area (Å²) in [6, 6.07) is 63.4. The molecule has 9 aromatic carbocycles. The van der Waals surface area contributed by atoms with Crippen LogP contribution in [0.5, 0.6) is 0 Å². The molecule has 0 N–H and O–H groups in total. The Labute approximate surface area is 356 Å². The third kappa shape index (κ3) is 3.34. The molecule has 0 aliphatic carbocycles. The molecule has 0 fully saturated rings. The number of rotatable bonds is 0. The average Bonchev–Trinajstić information content (AvgIpc) is 3.88. The van der Waals surface area contributed by atoms with Gasteiger partial charge < -0.3 is 23.5 Å². The van der Waals surface area contributed by atoms with Gasteiger partial charge in [0.2, 0.25) is 0 Å². The van der Waals surface area contributed by atoms with Crippen LogP contribution in [-0.2, 0) is 0 Å². The molecule has 0 bridgehead atoms. The highest BCUT2D eigenvalue weighted by Crippen LogP contribution is 2.52. The monoisotopic (exact) mass is 783 g/mol. The predicted molar refractivity (Wildman–Crippen MR) is 259 cm³/mol. The van der Waals surface area contributed by atoms with E-state index in [1.54, 1.807) is 0 Å². The van der Waals surface area contributed by atoms with E-state index in [4.69, 9.17) is 8.83 Å². The third-order valence-electron chi connectivity index (χ3n) is 15.2. The first-order valence-corrected chi connectivity index (χ1v) is 21.7. The van der Waals surface area contributed by atoms with Crippen molar-refractivity contribution in [3.63, 3.8) is 0 Å². The van der Waals surface area contributed by atoms with E-state index < -0.39 is 0 Å². The summed E-state index contributed by atoms with van der Waals surface area (Å²) in [5, 5.41) is 4.58. The number of furan rings is 2. The van der Waals surface area contributed by atoms with E-state index in [1.165, 1.54) is 100 Å². The Hall–Kier alpha value is -7.83. The van der Waals surface area contributed by atoms with Crippen LogP contribution in [0.1, 0.15) is 0 Å². The van der Waals surface area contributed by atoms with Crippen LogP contribution in [0.4, 0.5) is 51.2 Å². The van der Waals surface area contributed by atoms with Gasteiger partial charge in [0.15, 0.2) is 0 Å². The third-order valence-corrected chi connectivity index (χ3v) is 15.2. The van der Waals surface area contributed by atoms with Crippen LogP contribution in [-0.4, -0.2) is 20.1 Å². The first kappa shape index (κ1) is 31.1. The number of hydrogen-bond acceptors (Lipinski definition) is 5. The van der Waals surface area contributed by atoms with Gasteiger partial charge in [0.05, 0.1) is 0 Å². The predicted octanol–water partition coefficient (Wildman–Crippen LogP) is 7.32. The zero-order valence-corrected chi connectivity index (χ0v) is 33.1. The summed E-state index contributed by atoms with van der Waals surface area (Å²) >= 11 is 0. The number of anilines is 9. The van der Waals surface area contributed by atoms with E-state index in [1.807, 2.05) is 0 Å². The lowest BCUT2D eigenvalue weighted by Gasteiger charge is -2.55. The zero-order valence-electron chi connectivity index (χ0n) is 33.1. The Kier molecular flexibility index (Phi) is 5.20. The summed E-state index contributed by atoms with van der Waals surface area (Å²) in [4.78, 5) is 7.88. The molecule has 6 aliphatic rings. The maximum Gasteiger partial charge on any atom is 0.252 e. The highest BCUT2D eigenvalue weighted by molar-refractivity contribution is 7.09. The summed E-state index contributed by atoms with van der Waals surface area (Å²) < 4.78 is 13.5. The number of nitrogens with zero attached hydrogens (tertiary/aromatic N) is 3. The minimum absolute atomic E-state index is 0.0387. The molecule has 0 amide bonds. The fourth-order valence-corrected chi connectivity index (χ4v) is 13.0. The summed E-state index contributed by atoms with van der Waals surface area (Å²) in [7, 11) is 0. The number of hydrogen-bond donors (Lipinski definition) is 0. The van der Waals surface area contributed by atoms with Gasteiger partial charge in [-0.05, 0) is 85.6 Å². The quantitative estimate of drug-likeness (QED) is 0.151. The van der Waals surface area contributed by atoms with Gasteiger partial charge in [-0.15, -0.1) is 0 Å². The second-order valence-electron chi connectivity index (χ2n) is 17.8. The van der Waals surface area contributed by atoms with E-state index >= 15 is 0 Å². The van der Waals surface area contributed by atoms with Gasteiger partial charge in [0, 0.05) is 84.9 Å². The van der Waals surface area contributed by atoms with E-state index in [0.29, 0.717) is 0 Å². The van der Waals surface area contributed by atoms with Gasteiger partial charge in [-0.2, -0.15) is 0 Å². The average molecular weight is 783 g/mol. The van der Waals surface area contributed by atoms with Crippen LogP contribution in [0.3, 0.4) is 0 Å². The molecule has 5 nitrogen and oxygen atoms in total. The van der Waals surface area contributed by atoms with Gasteiger partial charge in [0.1, 0.15) is 22.3 Å². The Morgan fingerprint density at radius 2 is 0.597 bits per heavy atom. The van der Waals surface area contributed by atoms with Gasteiger partial charge >= 0.3 is 0 Å². The van der Waals surface area contributed by atoms with Gasteiger partial charge in [0.25, 0.3) is 20.1 Å². The van der Waals surface area contributed by atoms with Gasteiger partial charge in [-0.1, -0.05) is 121 Å². The van der Waals surface area contributed by atoms with E-state index in [9.17, 15) is 0 Å². The number of fused-ring (bicyclic) bond motifs is 24. The van der Waals surface area contributed by atoms with Crippen molar-refractivity contribution in [3.05, 3.63) is 170 Å². The van der Waals surface area contributed by atoms with Gasteiger partial charge in [-0.3, -0.25) is 0 Å². The second kappa shape index (κ2) is 10.4. The van der Waals surface area contributed by atoms with Crippen molar-refractivity contribution < 1.29 is 8.83 Å². The SMILES string of the molecule is c1ccc2c(c1)B1c3ccccc3N3c4cc5oc6ccccc6c5cc4B4c5cc6c(cc5N5c7ccccc7B7c8ccccc8N2c2c1c3c4c5c27)oc1ccccc16. The van der Waals surface area contributed by atoms with Crippen LogP contribution in [0, 0.1) is 0 Å². The molecule has 17 rings (SSSR count). The van der Waals surface area contributed by atoms with Gasteiger partial charge in [-0.25, -0.2) is 0 Å². The minimum Gasteiger partial charge on any atom is -0.456 e. The maximum absolute atomic E-state index is 6.76. The first-order valence-electron chi connectivity index (χ1n) is 21.7. The van der Waals surface area contributed by atoms with E-state index in [2.05, 4.69) is 185 Å². The van der Waals surface area contributed by atoms with Crippen LogP contribution in [0.15, 0.2) is 179 Å². The van der Waals surface area contributed by atoms with Crippen molar-refractivity contribution in [2.45, 2.75) is 0 Å². The summed E-state index contributed by atoms with van der Waals surface area (Å²) in [6.45, 7) is 0.00316. The van der Waals surface area contributed by atoms with Crippen molar-refractivity contribution in [1.29, 1.82) is 0 Å². The molecule has 8 heterocycles. The van der Waals surface area contributed by atoms with Crippen LogP contribution in [0.25, 0.3) is 43.9 Å². The highest BCUT2D eigenvalue weighted by Gasteiger charge is 2.57. The summed E-state index contributed by atoms with van der Waals surface area (Å²) in [6.07, 6.45) is 0. The molecule has 8 heteroatoms. The smallest absolute Gasteiger partial charge is 0.252 e. The lowest BCUT2D eigenvalue weighted by Crippen LogP contribution is -2.74. The molecule has 2 aromatic heterocycles. The largest absolute Gasteiger partial charge is 0.456 e. The van der Waals surface area contributed by atoms with Crippen LogP contribution >= 0.6 is 0 Å². The van der Waals surface area contributed by atoms with Crippen molar-refractivity contribution in [3.8, 4) is 0 Å². The van der Waals surface area contributed by atoms with Crippen LogP contribution in [0.2, 0.25) is 0 Å². The van der Waals surface area contributed by atoms with E-state index in [-0.39, 0.29) is 20.1 Å². The number of para-hydroxylation sites is 6. The molecular weight excluding hydrogens is 755 g/mol. The molecule has 62 heavy (non-hydrogen) atoms. The molecule has 0 unspecified atom stereocenters. The molecular formula is C54H28B3N3O2. The topological polar surface area (TPSA) is 36.0 Å². The highest BCUT2D eigenvalue weighted by atomic mass is 16.3. The second-order valence-corrected chi connectivity index (χ2v) is 17.8. The Bertz CT molecular complexity index is 3710. The number of benzene rings is 9. The molecule has 280 valence electrons. The summed E-state index contributed by atoms with van der Waals surface area (Å²) in [5.74, 6) is 0. The zero-order chi connectivity index (χ0) is 39.7. The fourth-order valence-electron chi connectivity index (χ4n) is 13.0. The van der Waals surface area contributed by atoms with E-state index in [0.717, 1.165) is 43.9 Å². The summed E-state index contributed by atoms with van der Waals surface area (Å²) in [5.41, 5.74) is 27.0. The molecule has 0 saturated heterocycles. The Balaban J connectivity index is 1.13.